The zero-order valence-electron chi connectivity index (χ0n) is 18.8. The molecule has 1 aliphatic rings. The lowest BCUT2D eigenvalue weighted by molar-refractivity contribution is -0.134. The van der Waals surface area contributed by atoms with Crippen LogP contribution in [-0.4, -0.2) is 45.6 Å². The first-order valence-corrected chi connectivity index (χ1v) is 11.0. The number of carbonyl (C=O) groups is 2. The Morgan fingerprint density at radius 1 is 1.06 bits per heavy atom. The lowest BCUT2D eigenvalue weighted by Gasteiger charge is -2.33. The largest absolute Gasteiger partial charge is 0.341 e. The Morgan fingerprint density at radius 2 is 1.72 bits per heavy atom. The average molecular weight is 437 g/mol. The number of likely N-dealkylation sites (tertiary alicyclic amines) is 1. The molecule has 0 aliphatic carbocycles. The van der Waals surface area contributed by atoms with Crippen molar-refractivity contribution < 1.29 is 14.0 Å². The highest BCUT2D eigenvalue weighted by Crippen LogP contribution is 2.25. The van der Waals surface area contributed by atoms with Gasteiger partial charge in [0, 0.05) is 18.5 Å². The molecule has 0 spiro atoms. The van der Waals surface area contributed by atoms with Crippen LogP contribution < -0.4 is 5.32 Å². The van der Waals surface area contributed by atoms with E-state index in [1.54, 1.807) is 16.8 Å². The summed E-state index contributed by atoms with van der Waals surface area (Å²) in [5, 5.41) is 8.27. The summed E-state index contributed by atoms with van der Waals surface area (Å²) in [6, 6.07) is 13.1. The second kappa shape index (κ2) is 8.73. The van der Waals surface area contributed by atoms with E-state index < -0.39 is 11.5 Å². The normalized spacial score (nSPS) is 15.2. The molecule has 6 nitrogen and oxygen atoms in total. The van der Waals surface area contributed by atoms with E-state index >= 15 is 0 Å². The van der Waals surface area contributed by atoms with Crippen LogP contribution in [0.15, 0.2) is 48.5 Å². The Morgan fingerprint density at radius 3 is 2.38 bits per heavy atom. The van der Waals surface area contributed by atoms with Crippen LogP contribution in [0.4, 0.5) is 4.39 Å². The number of hydrogen-bond donors (Lipinski definition) is 1. The van der Waals surface area contributed by atoms with E-state index in [0.29, 0.717) is 11.9 Å². The van der Waals surface area contributed by atoms with Crippen LogP contribution in [0, 0.1) is 11.2 Å². The predicted octanol–water partition coefficient (Wildman–Crippen LogP) is 3.99. The quantitative estimate of drug-likeness (QED) is 0.658. The molecule has 1 aliphatic heterocycles. The van der Waals surface area contributed by atoms with Gasteiger partial charge in [0.15, 0.2) is 5.69 Å². The number of halogens is 1. The SMILES string of the molecule is CC(C)(C)C(NC(=O)c1nn(Cc2ccc(F)cc2)c2ccccc12)C(=O)N1CCCC1. The molecule has 1 saturated heterocycles. The van der Waals surface area contributed by atoms with E-state index in [0.717, 1.165) is 37.0 Å². The molecule has 2 aromatic carbocycles. The molecule has 2 amide bonds. The lowest BCUT2D eigenvalue weighted by Crippen LogP contribution is -2.54. The van der Waals surface area contributed by atoms with Gasteiger partial charge in [0.05, 0.1) is 12.1 Å². The molecule has 2 heterocycles. The molecule has 0 bridgehead atoms. The van der Waals surface area contributed by atoms with Crippen molar-refractivity contribution in [3.05, 3.63) is 65.6 Å². The van der Waals surface area contributed by atoms with E-state index in [1.807, 2.05) is 49.9 Å². The topological polar surface area (TPSA) is 67.2 Å². The van der Waals surface area contributed by atoms with Crippen molar-refractivity contribution in [2.45, 2.75) is 46.2 Å². The van der Waals surface area contributed by atoms with Crippen molar-refractivity contribution in [3.8, 4) is 0 Å². The summed E-state index contributed by atoms with van der Waals surface area (Å²) < 4.78 is 15.0. The highest BCUT2D eigenvalue weighted by atomic mass is 19.1. The zero-order valence-corrected chi connectivity index (χ0v) is 18.8. The minimum Gasteiger partial charge on any atom is -0.341 e. The van der Waals surface area contributed by atoms with Gasteiger partial charge in [-0.25, -0.2) is 4.39 Å². The smallest absolute Gasteiger partial charge is 0.273 e. The van der Waals surface area contributed by atoms with Gasteiger partial charge < -0.3 is 10.2 Å². The molecule has 168 valence electrons. The van der Waals surface area contributed by atoms with E-state index in [-0.39, 0.29) is 23.3 Å². The summed E-state index contributed by atoms with van der Waals surface area (Å²) in [5.74, 6) is -0.708. The van der Waals surface area contributed by atoms with Crippen LogP contribution in [0.1, 0.15) is 49.7 Å². The van der Waals surface area contributed by atoms with E-state index in [1.165, 1.54) is 12.1 Å². The van der Waals surface area contributed by atoms with Gasteiger partial charge in [-0.3, -0.25) is 14.3 Å². The molecule has 1 atom stereocenters. The standard InChI is InChI=1S/C25H29FN4O2/c1-25(2,3)22(24(32)29-14-6-7-15-29)27-23(31)21-19-8-4-5-9-20(19)30(28-21)16-17-10-12-18(26)13-11-17/h4-5,8-13,22H,6-7,14-16H2,1-3H3,(H,27,31). The van der Waals surface area contributed by atoms with Crippen molar-refractivity contribution >= 4 is 22.7 Å². The molecule has 3 aromatic rings. The Hall–Kier alpha value is -3.22. The van der Waals surface area contributed by atoms with Crippen molar-refractivity contribution in [1.82, 2.24) is 20.0 Å². The van der Waals surface area contributed by atoms with Gasteiger partial charge in [-0.05, 0) is 42.0 Å². The zero-order chi connectivity index (χ0) is 22.9. The molecular weight excluding hydrogens is 407 g/mol. The number of nitrogens with zero attached hydrogens (tertiary/aromatic N) is 3. The molecule has 0 radical (unpaired) electrons. The van der Waals surface area contributed by atoms with Crippen LogP contribution in [0.3, 0.4) is 0 Å². The molecule has 1 aromatic heterocycles. The number of nitrogens with one attached hydrogen (secondary N) is 1. The van der Waals surface area contributed by atoms with Gasteiger partial charge in [-0.1, -0.05) is 51.1 Å². The fraction of sp³-hybridized carbons (Fsp3) is 0.400. The first-order valence-electron chi connectivity index (χ1n) is 11.0. The van der Waals surface area contributed by atoms with Crippen LogP contribution >= 0.6 is 0 Å². The minimum atomic E-state index is -0.644. The van der Waals surface area contributed by atoms with Crippen molar-refractivity contribution in [2.75, 3.05) is 13.1 Å². The first kappa shape index (κ1) is 22.0. The summed E-state index contributed by atoms with van der Waals surface area (Å²) in [5.41, 5.74) is 1.52. The van der Waals surface area contributed by atoms with Crippen molar-refractivity contribution in [3.63, 3.8) is 0 Å². The summed E-state index contributed by atoms with van der Waals surface area (Å²) in [6.07, 6.45) is 1.99. The maximum absolute atomic E-state index is 13.3. The van der Waals surface area contributed by atoms with Crippen molar-refractivity contribution in [2.24, 2.45) is 5.41 Å². The van der Waals surface area contributed by atoms with Crippen molar-refractivity contribution in [1.29, 1.82) is 0 Å². The number of hydrogen-bond acceptors (Lipinski definition) is 3. The number of aromatic nitrogens is 2. The average Bonchev–Trinajstić information content (AvgIpc) is 3.41. The summed E-state index contributed by atoms with van der Waals surface area (Å²) in [4.78, 5) is 28.3. The summed E-state index contributed by atoms with van der Waals surface area (Å²) in [7, 11) is 0. The third kappa shape index (κ3) is 4.52. The lowest BCUT2D eigenvalue weighted by atomic mass is 9.85. The van der Waals surface area contributed by atoms with Crippen LogP contribution in [0.2, 0.25) is 0 Å². The maximum atomic E-state index is 13.3. The van der Waals surface area contributed by atoms with E-state index in [9.17, 15) is 14.0 Å². The third-order valence-corrected chi connectivity index (χ3v) is 5.92. The summed E-state index contributed by atoms with van der Waals surface area (Å²) >= 11 is 0. The maximum Gasteiger partial charge on any atom is 0.273 e. The molecule has 4 rings (SSSR count). The molecule has 0 saturated carbocycles. The predicted molar refractivity (Wildman–Crippen MR) is 122 cm³/mol. The Bertz CT molecular complexity index is 1130. The molecule has 1 fully saturated rings. The second-order valence-corrected chi connectivity index (χ2v) is 9.45. The monoisotopic (exact) mass is 436 g/mol. The number of carbonyl (C=O) groups excluding carboxylic acids is 2. The molecule has 1 unspecified atom stereocenters. The van der Waals surface area contributed by atoms with Gasteiger partial charge in [-0.2, -0.15) is 5.10 Å². The number of benzene rings is 2. The molecular formula is C25H29FN4O2. The number of rotatable bonds is 5. The van der Waals surface area contributed by atoms with Gasteiger partial charge >= 0.3 is 0 Å². The van der Waals surface area contributed by atoms with E-state index in [2.05, 4.69) is 10.4 Å². The fourth-order valence-corrected chi connectivity index (χ4v) is 4.15. The van der Waals surface area contributed by atoms with Crippen LogP contribution in [0.25, 0.3) is 10.9 Å². The minimum absolute atomic E-state index is 0.0431. The fourth-order valence-electron chi connectivity index (χ4n) is 4.15. The van der Waals surface area contributed by atoms with Gasteiger partial charge in [0.2, 0.25) is 5.91 Å². The highest BCUT2D eigenvalue weighted by molar-refractivity contribution is 6.06. The van der Waals surface area contributed by atoms with Crippen LogP contribution in [-0.2, 0) is 11.3 Å². The van der Waals surface area contributed by atoms with Gasteiger partial charge in [0.25, 0.3) is 5.91 Å². The number of para-hydroxylation sites is 1. The summed E-state index contributed by atoms with van der Waals surface area (Å²) in [6.45, 7) is 7.74. The number of amides is 2. The third-order valence-electron chi connectivity index (χ3n) is 5.92. The Kier molecular flexibility index (Phi) is 6.00. The van der Waals surface area contributed by atoms with Gasteiger partial charge in [0.1, 0.15) is 11.9 Å². The highest BCUT2D eigenvalue weighted by Gasteiger charge is 2.37. The first-order chi connectivity index (χ1) is 15.2. The van der Waals surface area contributed by atoms with Gasteiger partial charge in [-0.15, -0.1) is 0 Å². The number of fused-ring (bicyclic) bond motifs is 1. The molecule has 7 heteroatoms. The Labute approximate surface area is 187 Å². The second-order valence-electron chi connectivity index (χ2n) is 9.45. The van der Waals surface area contributed by atoms with Crippen LogP contribution in [0.5, 0.6) is 0 Å². The molecule has 32 heavy (non-hydrogen) atoms. The molecule has 1 N–H and O–H groups in total. The van der Waals surface area contributed by atoms with E-state index in [4.69, 9.17) is 0 Å². The Balaban J connectivity index is 1.63.